The molecule has 2 N–H and O–H groups in total. The fourth-order valence-electron chi connectivity index (χ4n) is 2.07. The predicted octanol–water partition coefficient (Wildman–Crippen LogP) is 2.99. The molecule has 0 fully saturated rings. The van der Waals surface area contributed by atoms with Gasteiger partial charge in [0.05, 0.1) is 12.1 Å². The van der Waals surface area contributed by atoms with Crippen LogP contribution in [0.5, 0.6) is 0 Å². The fraction of sp³-hybridized carbons (Fsp3) is 0.125. The Morgan fingerprint density at radius 3 is 2.38 bits per heavy atom. The Bertz CT molecular complexity index is 730. The highest BCUT2D eigenvalue weighted by Gasteiger charge is 2.30. The van der Waals surface area contributed by atoms with Gasteiger partial charge in [0.25, 0.3) is 5.91 Å². The van der Waals surface area contributed by atoms with Gasteiger partial charge < -0.3 is 4.90 Å². The molecule has 2 aromatic rings. The number of hydroxylamine groups is 1. The maximum Gasteiger partial charge on any atom is 0.416 e. The molecule has 2 amide bonds. The first-order valence-corrected chi connectivity index (χ1v) is 6.77. The van der Waals surface area contributed by atoms with Crippen LogP contribution in [0, 0.1) is 0 Å². The maximum absolute atomic E-state index is 12.8. The van der Waals surface area contributed by atoms with E-state index in [1.807, 2.05) is 0 Å². The highest BCUT2D eigenvalue weighted by Crippen LogP contribution is 2.31. The quantitative estimate of drug-likeness (QED) is 0.500. The van der Waals surface area contributed by atoms with Crippen LogP contribution in [-0.4, -0.2) is 17.5 Å². The summed E-state index contributed by atoms with van der Waals surface area (Å²) in [5, 5.41) is 8.54. The van der Waals surface area contributed by atoms with Crippen molar-refractivity contribution in [1.82, 2.24) is 5.48 Å². The van der Waals surface area contributed by atoms with E-state index in [-0.39, 0.29) is 17.8 Å². The molecule has 8 heteroatoms. The van der Waals surface area contributed by atoms with E-state index in [1.54, 1.807) is 0 Å². The first kappa shape index (κ1) is 17.5. The molecular formula is C16H13F3N2O3. The Hall–Kier alpha value is -2.87. The van der Waals surface area contributed by atoms with Gasteiger partial charge in [-0.25, -0.2) is 5.48 Å². The van der Waals surface area contributed by atoms with Crippen molar-refractivity contribution >= 4 is 18.0 Å². The Morgan fingerprint density at radius 1 is 1.17 bits per heavy atom. The summed E-state index contributed by atoms with van der Waals surface area (Å²) >= 11 is 0. The lowest BCUT2D eigenvalue weighted by Crippen LogP contribution is -2.21. The summed E-state index contributed by atoms with van der Waals surface area (Å²) in [5.74, 6) is -0.688. The Kier molecular flexibility index (Phi) is 5.20. The lowest BCUT2D eigenvalue weighted by atomic mass is 10.1. The molecule has 0 saturated heterocycles. The Balaban J connectivity index is 2.21. The SMILES string of the molecule is O=CN(Cc1ccc(C(=O)NO)cc1)c1cccc(C(F)(F)F)c1. The lowest BCUT2D eigenvalue weighted by molar-refractivity contribution is -0.137. The largest absolute Gasteiger partial charge is 0.416 e. The molecule has 126 valence electrons. The number of rotatable bonds is 5. The van der Waals surface area contributed by atoms with Crippen LogP contribution in [0.1, 0.15) is 21.5 Å². The van der Waals surface area contributed by atoms with Crippen LogP contribution in [0.3, 0.4) is 0 Å². The minimum atomic E-state index is -4.50. The van der Waals surface area contributed by atoms with E-state index in [2.05, 4.69) is 0 Å². The monoisotopic (exact) mass is 338 g/mol. The molecule has 0 aliphatic rings. The van der Waals surface area contributed by atoms with Crippen LogP contribution in [-0.2, 0) is 17.5 Å². The molecule has 0 aliphatic heterocycles. The molecule has 0 unspecified atom stereocenters. The van der Waals surface area contributed by atoms with Gasteiger partial charge in [-0.3, -0.25) is 14.8 Å². The number of carbonyl (C=O) groups is 2. The van der Waals surface area contributed by atoms with Crippen molar-refractivity contribution < 1.29 is 28.0 Å². The minimum absolute atomic E-state index is 0.0336. The summed E-state index contributed by atoms with van der Waals surface area (Å²) in [4.78, 5) is 23.6. The van der Waals surface area contributed by atoms with Gasteiger partial charge in [0.15, 0.2) is 0 Å². The zero-order valence-electron chi connectivity index (χ0n) is 12.2. The van der Waals surface area contributed by atoms with Gasteiger partial charge in [-0.2, -0.15) is 13.2 Å². The number of hydrogen-bond acceptors (Lipinski definition) is 3. The van der Waals surface area contributed by atoms with Gasteiger partial charge >= 0.3 is 6.18 Å². The summed E-state index contributed by atoms with van der Waals surface area (Å²) in [7, 11) is 0. The van der Waals surface area contributed by atoms with Gasteiger partial charge in [-0.15, -0.1) is 0 Å². The molecule has 24 heavy (non-hydrogen) atoms. The molecule has 5 nitrogen and oxygen atoms in total. The number of amides is 2. The first-order chi connectivity index (χ1) is 11.3. The molecule has 0 aromatic heterocycles. The average Bonchev–Trinajstić information content (AvgIpc) is 2.59. The van der Waals surface area contributed by atoms with Crippen molar-refractivity contribution in [3.8, 4) is 0 Å². The smallest absolute Gasteiger partial charge is 0.311 e. The van der Waals surface area contributed by atoms with E-state index >= 15 is 0 Å². The second-order valence-corrected chi connectivity index (χ2v) is 4.92. The van der Waals surface area contributed by atoms with Crippen LogP contribution in [0.25, 0.3) is 0 Å². The number of benzene rings is 2. The van der Waals surface area contributed by atoms with Crippen molar-refractivity contribution in [3.63, 3.8) is 0 Å². The number of nitrogens with zero attached hydrogens (tertiary/aromatic N) is 1. The summed E-state index contributed by atoms with van der Waals surface area (Å²) in [6.07, 6.45) is -4.06. The Morgan fingerprint density at radius 2 is 1.83 bits per heavy atom. The molecule has 0 spiro atoms. The summed E-state index contributed by atoms with van der Waals surface area (Å²) < 4.78 is 38.3. The van der Waals surface area contributed by atoms with E-state index in [4.69, 9.17) is 5.21 Å². The van der Waals surface area contributed by atoms with Crippen LogP contribution in [0.4, 0.5) is 18.9 Å². The van der Waals surface area contributed by atoms with Gasteiger partial charge in [-0.1, -0.05) is 18.2 Å². The van der Waals surface area contributed by atoms with Crippen molar-refractivity contribution in [2.75, 3.05) is 4.90 Å². The van der Waals surface area contributed by atoms with E-state index in [0.717, 1.165) is 17.0 Å². The van der Waals surface area contributed by atoms with Crippen LogP contribution in [0.15, 0.2) is 48.5 Å². The standard InChI is InChI=1S/C16H13F3N2O3/c17-16(18,19)13-2-1-3-14(8-13)21(10-22)9-11-4-6-12(7-5-11)15(23)20-24/h1-8,10,24H,9H2,(H,20,23). The van der Waals surface area contributed by atoms with E-state index in [9.17, 15) is 22.8 Å². The third-order valence-corrected chi connectivity index (χ3v) is 3.30. The Labute approximate surface area is 135 Å². The van der Waals surface area contributed by atoms with Crippen LogP contribution in [0.2, 0.25) is 0 Å². The number of carbonyl (C=O) groups excluding carboxylic acids is 2. The van der Waals surface area contributed by atoms with Gasteiger partial charge in [0.2, 0.25) is 6.41 Å². The second-order valence-electron chi connectivity index (χ2n) is 4.92. The van der Waals surface area contributed by atoms with E-state index < -0.39 is 17.6 Å². The molecule has 2 rings (SSSR count). The number of anilines is 1. The van der Waals surface area contributed by atoms with Gasteiger partial charge in [0.1, 0.15) is 0 Å². The van der Waals surface area contributed by atoms with E-state index in [1.165, 1.54) is 41.9 Å². The molecule has 0 bridgehead atoms. The topological polar surface area (TPSA) is 69.6 Å². The molecule has 0 heterocycles. The third kappa shape index (κ3) is 4.11. The number of nitrogens with one attached hydrogen (secondary N) is 1. The predicted molar refractivity (Wildman–Crippen MR) is 79.4 cm³/mol. The molecule has 0 radical (unpaired) electrons. The second kappa shape index (κ2) is 7.14. The van der Waals surface area contributed by atoms with Crippen molar-refractivity contribution in [3.05, 3.63) is 65.2 Å². The minimum Gasteiger partial charge on any atom is -0.311 e. The van der Waals surface area contributed by atoms with Gasteiger partial charge in [0, 0.05) is 11.3 Å². The summed E-state index contributed by atoms with van der Waals surface area (Å²) in [6.45, 7) is 0.0336. The lowest BCUT2D eigenvalue weighted by Gasteiger charge is -2.19. The zero-order valence-corrected chi connectivity index (χ0v) is 12.2. The molecule has 2 aromatic carbocycles. The average molecular weight is 338 g/mol. The van der Waals surface area contributed by atoms with Crippen LogP contribution < -0.4 is 10.4 Å². The summed E-state index contributed by atoms with van der Waals surface area (Å²) in [6, 6.07) is 10.4. The van der Waals surface area contributed by atoms with Crippen molar-refractivity contribution in [2.45, 2.75) is 12.7 Å². The molecule has 0 aliphatic carbocycles. The highest BCUT2D eigenvalue weighted by molar-refractivity contribution is 5.93. The first-order valence-electron chi connectivity index (χ1n) is 6.77. The molecular weight excluding hydrogens is 325 g/mol. The normalized spacial score (nSPS) is 11.0. The van der Waals surface area contributed by atoms with E-state index in [0.29, 0.717) is 12.0 Å². The maximum atomic E-state index is 12.8. The van der Waals surface area contributed by atoms with Crippen molar-refractivity contribution in [2.24, 2.45) is 0 Å². The summed E-state index contributed by atoms with van der Waals surface area (Å²) in [5.41, 5.74) is 1.56. The number of alkyl halides is 3. The van der Waals surface area contributed by atoms with Crippen LogP contribution >= 0.6 is 0 Å². The molecule has 0 atom stereocenters. The number of hydrogen-bond donors (Lipinski definition) is 2. The fourth-order valence-corrected chi connectivity index (χ4v) is 2.07. The van der Waals surface area contributed by atoms with Crippen molar-refractivity contribution in [1.29, 1.82) is 0 Å². The highest BCUT2D eigenvalue weighted by atomic mass is 19.4. The molecule has 0 saturated carbocycles. The number of halogens is 3. The zero-order chi connectivity index (χ0) is 17.7. The van der Waals surface area contributed by atoms with Gasteiger partial charge in [-0.05, 0) is 35.9 Å². The third-order valence-electron chi connectivity index (χ3n) is 3.30.